The van der Waals surface area contributed by atoms with Crippen LogP contribution in [0.25, 0.3) is 0 Å². The average molecular weight is 1270 g/mol. The van der Waals surface area contributed by atoms with Crippen LogP contribution in [0.15, 0.2) is 11.6 Å². The molecule has 11 N–H and O–H groups in total. The summed E-state index contributed by atoms with van der Waals surface area (Å²) in [6, 6.07) is 0. The van der Waals surface area contributed by atoms with Gasteiger partial charge in [-0.05, 0) is 99.2 Å². The zero-order chi connectivity index (χ0) is 62.6. The van der Waals surface area contributed by atoms with Crippen molar-refractivity contribution >= 4 is 22.3 Å². The summed E-state index contributed by atoms with van der Waals surface area (Å²) in [6.07, 6.45) is -31.0. The summed E-state index contributed by atoms with van der Waals surface area (Å²) in [5.41, 5.74) is -6.90. The Morgan fingerprint density at radius 3 is 1.90 bits per heavy atom. The van der Waals surface area contributed by atoms with Gasteiger partial charge in [0.25, 0.3) is 0 Å². The molecule has 3 saturated carbocycles. The minimum atomic E-state index is -5.46. The Morgan fingerprint density at radius 1 is 0.733 bits per heavy atom. The number of fused-ring (bicyclic) bond motifs is 4. The molecule has 23 unspecified atom stereocenters. The zero-order valence-corrected chi connectivity index (χ0v) is 53.4. The van der Waals surface area contributed by atoms with Gasteiger partial charge in [-0.25, -0.2) is 8.42 Å². The molecule has 28 nitrogen and oxygen atoms in total. The van der Waals surface area contributed by atoms with Crippen LogP contribution in [-0.2, 0) is 76.3 Å². The van der Waals surface area contributed by atoms with E-state index in [0.717, 1.165) is 5.57 Å². The standard InChI is InChI=1S/C56H90O28S.Na/c1-23(2)11-14-34(76-25(4)59)54(9)55(69)18-17-53(8)26-12-13-31-51(5,6)33(15-16-52(31,7)27(26)19-32(60)56(53,55)50(68)83-54)79-49-45(37(63)30(22-74-49)84-85(70,71)72)82-46-39(65)38(64)42(24(3)75-46)80-48-41(67)44(36(62)29(21-58)78-48)81-47-40(66)43(73-10)35(61)28(20-57)77-47;/h19,23-24,26,28-49,57-58,60-67,69H,11-18,20-22H2,1-10H3,(H,70,71,72);/q;+1/p-1/t24?,26-,28?,29?,30?,31?,32+,33?,34?,35?,36?,37?,38?,39?,40?,41?,42?,43?,44?,45?,46?,47?,48?,49?,52-,53+,54+,55+,56?;/m1./s1. The fourth-order valence-electron chi connectivity index (χ4n) is 16.7. The van der Waals surface area contributed by atoms with Crippen molar-refractivity contribution in [2.45, 2.75) is 260 Å². The third-order valence-corrected chi connectivity index (χ3v) is 21.7. The monoisotopic (exact) mass is 1260 g/mol. The molecule has 8 fully saturated rings. The van der Waals surface area contributed by atoms with Gasteiger partial charge in [-0.15, -0.1) is 0 Å². The van der Waals surface area contributed by atoms with E-state index in [1.54, 1.807) is 13.0 Å². The van der Waals surface area contributed by atoms with Crippen molar-refractivity contribution in [3.05, 3.63) is 11.6 Å². The van der Waals surface area contributed by atoms with E-state index in [1.165, 1.54) is 21.0 Å². The van der Waals surface area contributed by atoms with E-state index in [1.807, 2.05) is 34.6 Å². The quantitative estimate of drug-likeness (QED) is 0.0153. The number of aliphatic hydroxyl groups is 11. The number of carbonyl (C=O) groups is 2. The predicted molar refractivity (Wildman–Crippen MR) is 283 cm³/mol. The van der Waals surface area contributed by atoms with Crippen molar-refractivity contribution in [3.63, 3.8) is 0 Å². The van der Waals surface area contributed by atoms with Gasteiger partial charge in [0, 0.05) is 14.0 Å². The second kappa shape index (κ2) is 25.9. The van der Waals surface area contributed by atoms with E-state index < -0.39 is 210 Å². The van der Waals surface area contributed by atoms with Gasteiger partial charge >= 0.3 is 41.5 Å². The Labute approximate surface area is 522 Å². The maximum atomic E-state index is 14.8. The van der Waals surface area contributed by atoms with Crippen molar-refractivity contribution in [2.24, 2.45) is 39.4 Å². The van der Waals surface area contributed by atoms with E-state index >= 15 is 0 Å². The third kappa shape index (κ3) is 11.7. The van der Waals surface area contributed by atoms with Crippen LogP contribution in [0, 0.1) is 39.4 Å². The molecule has 30 heteroatoms. The second-order valence-electron chi connectivity index (χ2n) is 26.6. The molecule has 0 aromatic rings. The van der Waals surface area contributed by atoms with Gasteiger partial charge in [-0.3, -0.25) is 13.8 Å². The molecule has 86 heavy (non-hydrogen) atoms. The Balaban J connectivity index is 0.00000961. The van der Waals surface area contributed by atoms with Gasteiger partial charge in [0.15, 0.2) is 30.8 Å². The molecule has 9 rings (SSSR count). The SMILES string of the molecule is COC1C(O)C(CO)OC(OC2C(O)C(CO)OC(OC3C(C)OC(OC4C(OC5CC[C@]6(C)C7=C[C@H](O)C89C(=O)O[C@@](C)(C(CCC(C)C)OC(C)=O)[C@@]8(O)CC[C@@]9(C)[C@@H]7CCC6C5(C)C)OCC(OS(=O)(=O)[O-])C4O)C(O)C3O)C2O)C1O.[Na+]. The third-order valence-electron chi connectivity index (χ3n) is 21.2. The number of cyclic esters (lactones) is 1. The molecule has 9 aliphatic rings. The van der Waals surface area contributed by atoms with E-state index in [2.05, 4.69) is 11.1 Å². The van der Waals surface area contributed by atoms with Gasteiger partial charge in [0.2, 0.25) is 10.4 Å². The van der Waals surface area contributed by atoms with Crippen LogP contribution < -0.4 is 29.6 Å². The normalized spacial score (nSPS) is 49.5. The fourth-order valence-corrected chi connectivity index (χ4v) is 17.2. The Kier molecular flexibility index (Phi) is 21.3. The summed E-state index contributed by atoms with van der Waals surface area (Å²) in [5.74, 6) is -1.62. The summed E-state index contributed by atoms with van der Waals surface area (Å²) in [7, 11) is -4.29. The predicted octanol–water partition coefficient (Wildman–Crippen LogP) is -5.19. The molecule has 1 spiro atoms. The van der Waals surface area contributed by atoms with Gasteiger partial charge in [-0.2, -0.15) is 0 Å². The maximum Gasteiger partial charge on any atom is 1.00 e. The summed E-state index contributed by atoms with van der Waals surface area (Å²) in [5, 5.41) is 125. The van der Waals surface area contributed by atoms with Crippen molar-refractivity contribution in [3.8, 4) is 0 Å². The summed E-state index contributed by atoms with van der Waals surface area (Å²) in [6.45, 7) is 14.0. The molecule has 5 heterocycles. The summed E-state index contributed by atoms with van der Waals surface area (Å²) < 4.78 is 106. The molecule has 0 bridgehead atoms. The number of ether oxygens (including phenoxy) is 11. The number of allylic oxidation sites excluding steroid dienone is 1. The van der Waals surface area contributed by atoms with Crippen LogP contribution in [0.5, 0.6) is 0 Å². The van der Waals surface area contributed by atoms with Gasteiger partial charge in [0.1, 0.15) is 103 Å². The largest absolute Gasteiger partial charge is 1.00 e. The molecular weight excluding hydrogens is 1180 g/mol. The number of esters is 2. The molecule has 4 aliphatic carbocycles. The number of hydrogen-bond acceptors (Lipinski definition) is 28. The second-order valence-corrected chi connectivity index (χ2v) is 27.7. The van der Waals surface area contributed by atoms with Crippen molar-refractivity contribution < 1.29 is 165 Å². The van der Waals surface area contributed by atoms with Crippen molar-refractivity contribution in [1.29, 1.82) is 0 Å². The number of methoxy groups -OCH3 is 1. The van der Waals surface area contributed by atoms with Crippen molar-refractivity contribution in [2.75, 3.05) is 26.9 Å². The van der Waals surface area contributed by atoms with Gasteiger partial charge < -0.3 is 113 Å². The summed E-state index contributed by atoms with van der Waals surface area (Å²) in [4.78, 5) is 27.3. The zero-order valence-electron chi connectivity index (χ0n) is 50.6. The number of carbonyl (C=O) groups excluding carboxylic acids is 2. The minimum Gasteiger partial charge on any atom is -0.726 e. The maximum absolute atomic E-state index is 14.8. The van der Waals surface area contributed by atoms with Crippen LogP contribution in [0.2, 0.25) is 0 Å². The van der Waals surface area contributed by atoms with Crippen LogP contribution in [-0.4, -0.2) is 254 Å². The number of rotatable bonds is 18. The van der Waals surface area contributed by atoms with Crippen LogP contribution in [0.4, 0.5) is 0 Å². The van der Waals surface area contributed by atoms with E-state index in [0.29, 0.717) is 44.9 Å². The molecule has 0 aromatic heterocycles. The topological polar surface area (TPSA) is 425 Å². The molecule has 5 aliphatic heterocycles. The first-order valence-electron chi connectivity index (χ1n) is 29.5. The fraction of sp³-hybridized carbons (Fsp3) is 0.929. The molecular formula is C56H89NaO28S. The van der Waals surface area contributed by atoms with Crippen LogP contribution >= 0.6 is 0 Å². The first-order valence-corrected chi connectivity index (χ1v) is 30.8. The van der Waals surface area contributed by atoms with Crippen molar-refractivity contribution in [1.82, 2.24) is 0 Å². The van der Waals surface area contributed by atoms with E-state index in [-0.39, 0.29) is 53.7 Å². The van der Waals surface area contributed by atoms with E-state index in [4.69, 9.17) is 52.1 Å². The number of hydrogen-bond donors (Lipinski definition) is 11. The molecule has 488 valence electrons. The van der Waals surface area contributed by atoms with Gasteiger partial charge in [-0.1, -0.05) is 53.2 Å². The minimum absolute atomic E-state index is 0. The van der Waals surface area contributed by atoms with Gasteiger partial charge in [0.05, 0.1) is 38.1 Å². The molecule has 0 aromatic carbocycles. The Morgan fingerprint density at radius 2 is 1.31 bits per heavy atom. The molecule has 0 radical (unpaired) electrons. The average Bonchev–Trinajstić information content (AvgIpc) is 1.45. The first kappa shape index (κ1) is 70.6. The van der Waals surface area contributed by atoms with E-state index in [9.17, 15) is 78.7 Å². The Hall–Kier alpha value is -1.25. The van der Waals surface area contributed by atoms with Crippen LogP contribution in [0.3, 0.4) is 0 Å². The molecule has 5 saturated heterocycles. The molecule has 0 amide bonds. The number of aliphatic hydroxyl groups excluding tert-OH is 10. The van der Waals surface area contributed by atoms with Crippen LogP contribution in [0.1, 0.15) is 114 Å². The first-order chi connectivity index (χ1) is 39.6. The smallest absolute Gasteiger partial charge is 0.726 e. The summed E-state index contributed by atoms with van der Waals surface area (Å²) >= 11 is 0. The molecule has 29 atom stereocenters. The Bertz CT molecular complexity index is 2550.